The summed E-state index contributed by atoms with van der Waals surface area (Å²) in [6.45, 7) is 3.69. The van der Waals surface area contributed by atoms with Gasteiger partial charge >= 0.3 is 5.97 Å². The predicted octanol–water partition coefficient (Wildman–Crippen LogP) is 1.53. The van der Waals surface area contributed by atoms with Crippen molar-refractivity contribution in [3.8, 4) is 0 Å². The van der Waals surface area contributed by atoms with Crippen molar-refractivity contribution in [2.24, 2.45) is 5.92 Å². The number of carbonyl (C=O) groups is 2. The molecule has 0 aromatic heterocycles. The lowest BCUT2D eigenvalue weighted by Crippen LogP contribution is -2.41. The van der Waals surface area contributed by atoms with Crippen LogP contribution in [-0.4, -0.2) is 36.1 Å². The SMILES string of the molecule is CCCC(CCNC(=O)[C@@H]1CCCN1)CCC(=O)O. The largest absolute Gasteiger partial charge is 0.481 e. The number of carboxylic acid groups (broad SMARTS) is 1. The van der Waals surface area contributed by atoms with E-state index in [-0.39, 0.29) is 18.4 Å². The molecule has 0 spiro atoms. The topological polar surface area (TPSA) is 78.4 Å². The Morgan fingerprint density at radius 3 is 2.74 bits per heavy atom. The van der Waals surface area contributed by atoms with Crippen molar-refractivity contribution in [2.45, 2.75) is 57.9 Å². The van der Waals surface area contributed by atoms with Crippen molar-refractivity contribution < 1.29 is 14.7 Å². The Morgan fingerprint density at radius 2 is 2.16 bits per heavy atom. The summed E-state index contributed by atoms with van der Waals surface area (Å²) in [5.41, 5.74) is 0. The molecule has 0 aromatic carbocycles. The predicted molar refractivity (Wildman–Crippen MR) is 73.9 cm³/mol. The van der Waals surface area contributed by atoms with Crippen molar-refractivity contribution in [1.82, 2.24) is 10.6 Å². The Hall–Kier alpha value is -1.10. The van der Waals surface area contributed by atoms with Crippen LogP contribution >= 0.6 is 0 Å². The van der Waals surface area contributed by atoms with E-state index >= 15 is 0 Å². The second-order valence-electron chi connectivity index (χ2n) is 5.32. The maximum atomic E-state index is 11.8. The summed E-state index contributed by atoms with van der Waals surface area (Å²) in [6.07, 6.45) is 5.88. The maximum Gasteiger partial charge on any atom is 0.303 e. The van der Waals surface area contributed by atoms with Crippen molar-refractivity contribution >= 4 is 11.9 Å². The van der Waals surface area contributed by atoms with Gasteiger partial charge in [0.25, 0.3) is 0 Å². The zero-order valence-corrected chi connectivity index (χ0v) is 11.8. The molecule has 0 saturated carbocycles. The summed E-state index contributed by atoms with van der Waals surface area (Å²) in [5, 5.41) is 14.8. The van der Waals surface area contributed by atoms with Crippen molar-refractivity contribution in [1.29, 1.82) is 0 Å². The first kappa shape index (κ1) is 16.0. The van der Waals surface area contributed by atoms with E-state index in [1.54, 1.807) is 0 Å². The second kappa shape index (κ2) is 8.91. The first-order valence-electron chi connectivity index (χ1n) is 7.36. The van der Waals surface area contributed by atoms with E-state index in [0.717, 1.165) is 38.6 Å². The van der Waals surface area contributed by atoms with Crippen LogP contribution < -0.4 is 10.6 Å². The van der Waals surface area contributed by atoms with E-state index in [2.05, 4.69) is 17.6 Å². The van der Waals surface area contributed by atoms with Gasteiger partial charge in [0.2, 0.25) is 5.91 Å². The number of amides is 1. The zero-order valence-electron chi connectivity index (χ0n) is 11.8. The molecule has 1 heterocycles. The number of aliphatic carboxylic acids is 1. The molecule has 1 unspecified atom stereocenters. The highest BCUT2D eigenvalue weighted by molar-refractivity contribution is 5.81. The number of hydrogen-bond acceptors (Lipinski definition) is 3. The first-order chi connectivity index (χ1) is 9.13. The molecule has 1 aliphatic heterocycles. The molecule has 0 radical (unpaired) electrons. The summed E-state index contributed by atoms with van der Waals surface area (Å²) in [4.78, 5) is 22.4. The van der Waals surface area contributed by atoms with Gasteiger partial charge in [-0.05, 0) is 38.1 Å². The van der Waals surface area contributed by atoms with Gasteiger partial charge in [0.15, 0.2) is 0 Å². The van der Waals surface area contributed by atoms with Gasteiger partial charge in [0.1, 0.15) is 0 Å². The molecule has 2 atom stereocenters. The maximum absolute atomic E-state index is 11.8. The van der Waals surface area contributed by atoms with Gasteiger partial charge in [-0.25, -0.2) is 0 Å². The Kier molecular flexibility index (Phi) is 7.48. The van der Waals surface area contributed by atoms with Crippen LogP contribution in [0.25, 0.3) is 0 Å². The first-order valence-corrected chi connectivity index (χ1v) is 7.36. The lowest BCUT2D eigenvalue weighted by Gasteiger charge is -2.16. The molecule has 1 fully saturated rings. The lowest BCUT2D eigenvalue weighted by atomic mass is 9.94. The van der Waals surface area contributed by atoms with E-state index in [1.165, 1.54) is 0 Å². The normalized spacial score (nSPS) is 20.2. The number of carbonyl (C=O) groups excluding carboxylic acids is 1. The molecule has 19 heavy (non-hydrogen) atoms. The van der Waals surface area contributed by atoms with Gasteiger partial charge in [-0.15, -0.1) is 0 Å². The van der Waals surface area contributed by atoms with E-state index in [4.69, 9.17) is 5.11 Å². The molecule has 1 amide bonds. The molecular weight excluding hydrogens is 244 g/mol. The molecule has 0 aromatic rings. The smallest absolute Gasteiger partial charge is 0.303 e. The number of rotatable bonds is 9. The Bertz CT molecular complexity index is 288. The molecule has 110 valence electrons. The molecule has 5 heteroatoms. The quantitative estimate of drug-likeness (QED) is 0.593. The second-order valence-corrected chi connectivity index (χ2v) is 5.32. The number of hydrogen-bond donors (Lipinski definition) is 3. The average molecular weight is 270 g/mol. The fraction of sp³-hybridized carbons (Fsp3) is 0.857. The van der Waals surface area contributed by atoms with Crippen LogP contribution in [0.15, 0.2) is 0 Å². The highest BCUT2D eigenvalue weighted by atomic mass is 16.4. The highest BCUT2D eigenvalue weighted by Gasteiger charge is 2.21. The van der Waals surface area contributed by atoms with Crippen LogP contribution in [0.4, 0.5) is 0 Å². The van der Waals surface area contributed by atoms with Crippen LogP contribution in [0.5, 0.6) is 0 Å². The van der Waals surface area contributed by atoms with Gasteiger partial charge in [0.05, 0.1) is 6.04 Å². The minimum atomic E-state index is -0.736. The van der Waals surface area contributed by atoms with Crippen LogP contribution in [0, 0.1) is 5.92 Å². The van der Waals surface area contributed by atoms with Crippen LogP contribution in [0.2, 0.25) is 0 Å². The van der Waals surface area contributed by atoms with E-state index in [0.29, 0.717) is 18.9 Å². The van der Waals surface area contributed by atoms with Gasteiger partial charge < -0.3 is 15.7 Å². The van der Waals surface area contributed by atoms with Gasteiger partial charge in [0, 0.05) is 13.0 Å². The molecular formula is C14H26N2O3. The number of carboxylic acids is 1. The van der Waals surface area contributed by atoms with Crippen molar-refractivity contribution in [3.05, 3.63) is 0 Å². The van der Waals surface area contributed by atoms with Gasteiger partial charge in [-0.2, -0.15) is 0 Å². The molecule has 1 rings (SSSR count). The summed E-state index contributed by atoms with van der Waals surface area (Å²) in [7, 11) is 0. The summed E-state index contributed by atoms with van der Waals surface area (Å²) < 4.78 is 0. The fourth-order valence-corrected chi connectivity index (χ4v) is 2.60. The standard InChI is InChI=1S/C14H26N2O3/c1-2-4-11(6-7-13(17)18)8-10-16-14(19)12-5-3-9-15-12/h11-12,15H,2-10H2,1H3,(H,16,19)(H,17,18)/t11?,12-/m0/s1. The van der Waals surface area contributed by atoms with Gasteiger partial charge in [-0.1, -0.05) is 19.8 Å². The summed E-state index contributed by atoms with van der Waals surface area (Å²) >= 11 is 0. The van der Waals surface area contributed by atoms with E-state index in [9.17, 15) is 9.59 Å². The Morgan fingerprint density at radius 1 is 1.37 bits per heavy atom. The monoisotopic (exact) mass is 270 g/mol. The molecule has 0 aliphatic carbocycles. The third kappa shape index (κ3) is 6.57. The van der Waals surface area contributed by atoms with Crippen molar-refractivity contribution in [3.63, 3.8) is 0 Å². The van der Waals surface area contributed by atoms with Crippen LogP contribution in [0.1, 0.15) is 51.9 Å². The minimum Gasteiger partial charge on any atom is -0.481 e. The van der Waals surface area contributed by atoms with Crippen molar-refractivity contribution in [2.75, 3.05) is 13.1 Å². The summed E-state index contributed by atoms with van der Waals surface area (Å²) in [5.74, 6) is -0.246. The van der Waals surface area contributed by atoms with Crippen LogP contribution in [-0.2, 0) is 9.59 Å². The molecule has 1 saturated heterocycles. The van der Waals surface area contributed by atoms with Gasteiger partial charge in [-0.3, -0.25) is 9.59 Å². The van der Waals surface area contributed by atoms with E-state index < -0.39 is 5.97 Å². The zero-order chi connectivity index (χ0) is 14.1. The minimum absolute atomic E-state index is 0.0244. The molecule has 0 bridgehead atoms. The Balaban J connectivity index is 2.19. The Labute approximate surface area is 115 Å². The lowest BCUT2D eigenvalue weighted by molar-refractivity contribution is -0.137. The summed E-state index contributed by atoms with van der Waals surface area (Å²) in [6, 6.07) is -0.0244. The molecule has 3 N–H and O–H groups in total. The molecule has 1 aliphatic rings. The molecule has 5 nitrogen and oxygen atoms in total. The number of nitrogens with one attached hydrogen (secondary N) is 2. The van der Waals surface area contributed by atoms with Crippen LogP contribution in [0.3, 0.4) is 0 Å². The average Bonchev–Trinajstić information content (AvgIpc) is 2.89. The third-order valence-corrected chi connectivity index (χ3v) is 3.69. The highest BCUT2D eigenvalue weighted by Crippen LogP contribution is 2.17. The third-order valence-electron chi connectivity index (χ3n) is 3.69. The van der Waals surface area contributed by atoms with E-state index in [1.807, 2.05) is 0 Å². The fourth-order valence-electron chi connectivity index (χ4n) is 2.60.